The summed E-state index contributed by atoms with van der Waals surface area (Å²) in [6, 6.07) is 15.7. The highest BCUT2D eigenvalue weighted by Gasteiger charge is 2.31. The number of aromatic nitrogens is 2. The smallest absolute Gasteiger partial charge is 0.266 e. The molecule has 0 saturated heterocycles. The van der Waals surface area contributed by atoms with Crippen LogP contribution in [-0.4, -0.2) is 41.1 Å². The number of hydrogen-bond donors (Lipinski definition) is 0. The highest BCUT2D eigenvalue weighted by Crippen LogP contribution is 2.32. The van der Waals surface area contributed by atoms with Crippen molar-refractivity contribution in [2.45, 2.75) is 52.0 Å². The van der Waals surface area contributed by atoms with Gasteiger partial charge in [-0.3, -0.25) is 14.2 Å². The highest BCUT2D eigenvalue weighted by molar-refractivity contribution is 6.30. The molecule has 1 atom stereocenters. The number of halogens is 2. The van der Waals surface area contributed by atoms with Gasteiger partial charge in [0.15, 0.2) is 0 Å². The van der Waals surface area contributed by atoms with E-state index < -0.39 is 11.9 Å². The van der Waals surface area contributed by atoms with Crippen LogP contribution < -0.4 is 15.0 Å². The maximum absolute atomic E-state index is 14.3. The van der Waals surface area contributed by atoms with E-state index in [-0.39, 0.29) is 16.5 Å². The van der Waals surface area contributed by atoms with Gasteiger partial charge >= 0.3 is 0 Å². The van der Waals surface area contributed by atoms with Crippen molar-refractivity contribution in [3.63, 3.8) is 0 Å². The molecule has 216 valence electrons. The molecule has 1 aromatic heterocycles. The summed E-state index contributed by atoms with van der Waals surface area (Å²) in [5.74, 6) is 0.481. The lowest BCUT2D eigenvalue weighted by Gasteiger charge is -2.33. The Balaban J connectivity index is 1.93. The van der Waals surface area contributed by atoms with Gasteiger partial charge in [0.1, 0.15) is 23.1 Å². The van der Waals surface area contributed by atoms with Gasteiger partial charge in [0.2, 0.25) is 0 Å². The quantitative estimate of drug-likeness (QED) is 0.164. The first-order chi connectivity index (χ1) is 19.8. The minimum absolute atomic E-state index is 0.114. The lowest BCUT2D eigenvalue weighted by Crippen LogP contribution is -2.39. The van der Waals surface area contributed by atoms with Crippen LogP contribution >= 0.6 is 11.6 Å². The van der Waals surface area contributed by atoms with E-state index in [1.165, 1.54) is 29.9 Å². The van der Waals surface area contributed by atoms with Crippen molar-refractivity contribution in [2.24, 2.45) is 0 Å². The summed E-state index contributed by atoms with van der Waals surface area (Å²) in [6.07, 6.45) is 4.28. The van der Waals surface area contributed by atoms with Gasteiger partial charge in [0, 0.05) is 12.6 Å². The molecule has 0 aliphatic rings. The predicted molar refractivity (Wildman–Crippen MR) is 160 cm³/mol. The number of methoxy groups -OCH3 is 2. The second-order valence-electron chi connectivity index (χ2n) is 9.78. The largest absolute Gasteiger partial charge is 0.497 e. The van der Waals surface area contributed by atoms with E-state index in [9.17, 15) is 14.0 Å². The first-order valence-electron chi connectivity index (χ1n) is 13.8. The molecule has 4 aromatic rings. The van der Waals surface area contributed by atoms with Crippen molar-refractivity contribution in [3.8, 4) is 17.2 Å². The maximum Gasteiger partial charge on any atom is 0.266 e. The lowest BCUT2D eigenvalue weighted by atomic mass is 10.1. The monoisotopic (exact) mass is 579 g/mol. The Hall–Kier alpha value is -3.91. The second-order valence-corrected chi connectivity index (χ2v) is 10.2. The molecule has 0 saturated carbocycles. The average Bonchev–Trinajstić information content (AvgIpc) is 2.99. The molecule has 0 aliphatic carbocycles. The first kappa shape index (κ1) is 30.1. The fourth-order valence-corrected chi connectivity index (χ4v) is 5.20. The normalized spacial score (nSPS) is 11.9. The summed E-state index contributed by atoms with van der Waals surface area (Å²) in [5.41, 5.74) is 0.929. The number of carbonyl (C=O) groups excluding carboxylic acids is 1. The molecule has 0 radical (unpaired) electrons. The zero-order valence-electron chi connectivity index (χ0n) is 23.8. The van der Waals surface area contributed by atoms with Gasteiger partial charge < -0.3 is 14.4 Å². The van der Waals surface area contributed by atoms with Crippen LogP contribution in [0.3, 0.4) is 0 Å². The summed E-state index contributed by atoms with van der Waals surface area (Å²) in [5, 5.41) is 0.293. The highest BCUT2D eigenvalue weighted by atomic mass is 35.5. The number of amides is 1. The second kappa shape index (κ2) is 13.6. The average molecular weight is 580 g/mol. The molecule has 0 spiro atoms. The van der Waals surface area contributed by atoms with Crippen molar-refractivity contribution < 1.29 is 18.7 Å². The van der Waals surface area contributed by atoms with Crippen molar-refractivity contribution in [3.05, 3.63) is 93.2 Å². The number of benzene rings is 3. The third kappa shape index (κ3) is 6.38. The molecule has 1 unspecified atom stereocenters. The van der Waals surface area contributed by atoms with E-state index in [0.29, 0.717) is 52.4 Å². The van der Waals surface area contributed by atoms with Crippen LogP contribution in [-0.2, 0) is 0 Å². The van der Waals surface area contributed by atoms with Crippen LogP contribution in [0.4, 0.5) is 4.39 Å². The van der Waals surface area contributed by atoms with Crippen LogP contribution in [0.2, 0.25) is 5.02 Å². The Labute approximate surface area is 244 Å². The summed E-state index contributed by atoms with van der Waals surface area (Å²) in [4.78, 5) is 34.9. The summed E-state index contributed by atoms with van der Waals surface area (Å²) < 4.78 is 26.5. The zero-order valence-corrected chi connectivity index (χ0v) is 24.6. The van der Waals surface area contributed by atoms with Crippen molar-refractivity contribution >= 4 is 28.4 Å². The summed E-state index contributed by atoms with van der Waals surface area (Å²) >= 11 is 6.15. The lowest BCUT2D eigenvalue weighted by molar-refractivity contribution is 0.0651. The topological polar surface area (TPSA) is 73.7 Å². The summed E-state index contributed by atoms with van der Waals surface area (Å²) in [7, 11) is 3.06. The molecular formula is C32H35ClFN3O4. The third-order valence-electron chi connectivity index (χ3n) is 7.18. The molecule has 1 amide bonds. The number of para-hydroxylation sites is 1. The number of carbonyl (C=O) groups is 1. The molecule has 0 N–H and O–H groups in total. The number of ether oxygens (including phenoxy) is 2. The van der Waals surface area contributed by atoms with E-state index in [4.69, 9.17) is 26.1 Å². The van der Waals surface area contributed by atoms with Crippen LogP contribution in [0.5, 0.6) is 11.5 Å². The zero-order chi connectivity index (χ0) is 29.5. The molecule has 9 heteroatoms. The van der Waals surface area contributed by atoms with Crippen LogP contribution in [0.1, 0.15) is 68.2 Å². The SMILES string of the molecule is CCCCCCN(C(=O)c1ccc(OC)cc1OC)C(CC)c1nc2ccccc2c(=O)n1-c1ccc(F)c(Cl)c1. The van der Waals surface area contributed by atoms with Crippen LogP contribution in [0.15, 0.2) is 65.5 Å². The number of nitrogens with zero attached hydrogens (tertiary/aromatic N) is 3. The minimum Gasteiger partial charge on any atom is -0.497 e. The number of hydrogen-bond acceptors (Lipinski definition) is 5. The van der Waals surface area contributed by atoms with Crippen molar-refractivity contribution in [1.82, 2.24) is 14.5 Å². The third-order valence-corrected chi connectivity index (χ3v) is 7.47. The Morgan fingerprint density at radius 3 is 2.49 bits per heavy atom. The van der Waals surface area contributed by atoms with Gasteiger partial charge in [-0.25, -0.2) is 9.37 Å². The first-order valence-corrected chi connectivity index (χ1v) is 14.2. The van der Waals surface area contributed by atoms with E-state index in [2.05, 4.69) is 6.92 Å². The van der Waals surface area contributed by atoms with Gasteiger partial charge in [-0.1, -0.05) is 56.8 Å². The molecular weight excluding hydrogens is 545 g/mol. The molecule has 4 rings (SSSR count). The van der Waals surface area contributed by atoms with E-state index in [0.717, 1.165) is 25.7 Å². The van der Waals surface area contributed by atoms with Crippen molar-refractivity contribution in [2.75, 3.05) is 20.8 Å². The standard InChI is InChI=1S/C32H35ClFN3O4/c1-5-7-8-11-18-36(31(38)24-16-15-22(40-3)20-29(24)41-4)28(6-2)30-35-27-13-10-9-12-23(27)32(39)37(30)21-14-17-26(34)25(33)19-21/h9-10,12-17,19-20,28H,5-8,11,18H2,1-4H3. The van der Waals surface area contributed by atoms with Gasteiger partial charge in [0.25, 0.3) is 11.5 Å². The fourth-order valence-electron chi connectivity index (χ4n) is 5.03. The minimum atomic E-state index is -0.592. The summed E-state index contributed by atoms with van der Waals surface area (Å²) in [6.45, 7) is 4.52. The molecule has 0 fully saturated rings. The predicted octanol–water partition coefficient (Wildman–Crippen LogP) is 7.37. The Morgan fingerprint density at radius 2 is 1.80 bits per heavy atom. The van der Waals surface area contributed by atoms with Gasteiger partial charge in [0.05, 0.1) is 47.4 Å². The van der Waals surface area contributed by atoms with Crippen LogP contribution in [0.25, 0.3) is 16.6 Å². The molecule has 3 aromatic carbocycles. The van der Waals surface area contributed by atoms with Crippen molar-refractivity contribution in [1.29, 1.82) is 0 Å². The Morgan fingerprint density at radius 1 is 1.02 bits per heavy atom. The van der Waals surface area contributed by atoms with E-state index >= 15 is 0 Å². The Kier molecular flexibility index (Phi) is 10.00. The van der Waals surface area contributed by atoms with E-state index in [1.54, 1.807) is 48.4 Å². The van der Waals surface area contributed by atoms with E-state index in [1.807, 2.05) is 13.0 Å². The van der Waals surface area contributed by atoms with Gasteiger partial charge in [-0.05, 0) is 55.3 Å². The molecule has 1 heterocycles. The number of fused-ring (bicyclic) bond motifs is 1. The molecule has 0 aliphatic heterocycles. The maximum atomic E-state index is 14.3. The molecule has 0 bridgehead atoms. The Bertz CT molecular complexity index is 1590. The number of unbranched alkanes of at least 4 members (excludes halogenated alkanes) is 3. The number of rotatable bonds is 12. The van der Waals surface area contributed by atoms with Gasteiger partial charge in [-0.2, -0.15) is 0 Å². The molecule has 41 heavy (non-hydrogen) atoms. The van der Waals surface area contributed by atoms with Crippen LogP contribution in [0, 0.1) is 5.82 Å². The molecule has 7 nitrogen and oxygen atoms in total. The van der Waals surface area contributed by atoms with Gasteiger partial charge in [-0.15, -0.1) is 0 Å². The fraction of sp³-hybridized carbons (Fsp3) is 0.344.